The van der Waals surface area contributed by atoms with Crippen LogP contribution in [0.1, 0.15) is 31.0 Å². The summed E-state index contributed by atoms with van der Waals surface area (Å²) in [6.07, 6.45) is 7.58. The minimum Gasteiger partial charge on any atom is -0.496 e. The molecule has 31 heavy (non-hydrogen) atoms. The Morgan fingerprint density at radius 1 is 1.19 bits per heavy atom. The monoisotopic (exact) mass is 419 g/mol. The zero-order valence-corrected chi connectivity index (χ0v) is 18.5. The fraction of sp³-hybridized carbons (Fsp3) is 0.375. The molecule has 4 aromatic rings. The topological polar surface area (TPSA) is 78.0 Å². The van der Waals surface area contributed by atoms with Gasteiger partial charge in [0.2, 0.25) is 0 Å². The molecule has 0 aliphatic rings. The van der Waals surface area contributed by atoms with E-state index in [1.54, 1.807) is 18.0 Å². The Morgan fingerprint density at radius 2 is 2.03 bits per heavy atom. The highest BCUT2D eigenvalue weighted by molar-refractivity contribution is 5.81. The number of rotatable bonds is 8. The number of nitrogens with zero attached hydrogens (tertiary/aromatic N) is 5. The van der Waals surface area contributed by atoms with E-state index in [4.69, 9.17) is 14.7 Å². The molecule has 0 fully saturated rings. The maximum absolute atomic E-state index is 9.35. The molecule has 0 saturated heterocycles. The van der Waals surface area contributed by atoms with E-state index in [9.17, 15) is 5.11 Å². The van der Waals surface area contributed by atoms with Gasteiger partial charge < -0.3 is 14.4 Å². The number of fused-ring (bicyclic) bond motifs is 1. The van der Waals surface area contributed by atoms with E-state index in [0.29, 0.717) is 5.92 Å². The molecule has 3 heterocycles. The Morgan fingerprint density at radius 3 is 2.71 bits per heavy atom. The molecular weight excluding hydrogens is 390 g/mol. The van der Waals surface area contributed by atoms with Gasteiger partial charge in [0.1, 0.15) is 11.3 Å². The molecule has 0 spiro atoms. The predicted octanol–water partition coefficient (Wildman–Crippen LogP) is 4.32. The van der Waals surface area contributed by atoms with Crippen molar-refractivity contribution in [1.29, 1.82) is 0 Å². The van der Waals surface area contributed by atoms with Gasteiger partial charge in [0.05, 0.1) is 24.2 Å². The standard InChI is InChI=1S/C24H29N5O2/c1-5-18(9-12-30)15-28-14-16(2)22-24(28)26-17(3)23(27-22)20-8-7-19(13-21(20)31-4)29-11-6-10-25-29/h6-8,10-11,13-14,18,30H,5,9,12,15H2,1-4H3/t18-/m0/s1. The number of aryl methyl sites for hydroxylation is 2. The highest BCUT2D eigenvalue weighted by Gasteiger charge is 2.18. The zero-order valence-electron chi connectivity index (χ0n) is 18.5. The Balaban J connectivity index is 1.77. The number of hydrogen-bond acceptors (Lipinski definition) is 5. The Kier molecular flexibility index (Phi) is 6.04. The summed E-state index contributed by atoms with van der Waals surface area (Å²) < 4.78 is 9.67. The maximum Gasteiger partial charge on any atom is 0.159 e. The molecule has 7 heteroatoms. The number of hydrogen-bond donors (Lipinski definition) is 1. The fourth-order valence-corrected chi connectivity index (χ4v) is 4.05. The summed E-state index contributed by atoms with van der Waals surface area (Å²) in [5.74, 6) is 1.15. The second kappa shape index (κ2) is 8.89. The van der Waals surface area contributed by atoms with Crippen LogP contribution in [0.15, 0.2) is 42.9 Å². The van der Waals surface area contributed by atoms with Gasteiger partial charge in [0, 0.05) is 43.4 Å². The molecule has 7 nitrogen and oxygen atoms in total. The van der Waals surface area contributed by atoms with E-state index in [2.05, 4.69) is 29.7 Å². The van der Waals surface area contributed by atoms with Crippen molar-refractivity contribution >= 4 is 11.2 Å². The van der Waals surface area contributed by atoms with Gasteiger partial charge in [-0.05, 0) is 49.9 Å². The molecule has 1 N–H and O–H groups in total. The normalized spacial score (nSPS) is 12.4. The lowest BCUT2D eigenvalue weighted by Gasteiger charge is -2.15. The van der Waals surface area contributed by atoms with Gasteiger partial charge in [0.15, 0.2) is 5.65 Å². The largest absolute Gasteiger partial charge is 0.496 e. The van der Waals surface area contributed by atoms with Crippen LogP contribution in [0.5, 0.6) is 5.75 Å². The van der Waals surface area contributed by atoms with Crippen LogP contribution in [0.2, 0.25) is 0 Å². The summed E-state index contributed by atoms with van der Waals surface area (Å²) in [6.45, 7) is 7.25. The minimum atomic E-state index is 0.208. The summed E-state index contributed by atoms with van der Waals surface area (Å²) in [5.41, 5.74) is 6.39. The highest BCUT2D eigenvalue weighted by atomic mass is 16.5. The van der Waals surface area contributed by atoms with Gasteiger partial charge in [-0.1, -0.05) is 13.3 Å². The van der Waals surface area contributed by atoms with E-state index in [0.717, 1.165) is 64.5 Å². The molecule has 162 valence electrons. The second-order valence-corrected chi connectivity index (χ2v) is 7.92. The molecule has 0 unspecified atom stereocenters. The van der Waals surface area contributed by atoms with Crippen molar-refractivity contribution in [2.45, 2.75) is 40.2 Å². The summed E-state index contributed by atoms with van der Waals surface area (Å²) >= 11 is 0. The second-order valence-electron chi connectivity index (χ2n) is 7.92. The molecule has 0 amide bonds. The van der Waals surface area contributed by atoms with E-state index < -0.39 is 0 Å². The average molecular weight is 420 g/mol. The van der Waals surface area contributed by atoms with Crippen molar-refractivity contribution in [2.24, 2.45) is 5.92 Å². The lowest BCUT2D eigenvalue weighted by molar-refractivity contribution is 0.244. The number of aliphatic hydroxyl groups is 1. The summed E-state index contributed by atoms with van der Waals surface area (Å²) in [7, 11) is 1.67. The van der Waals surface area contributed by atoms with Crippen LogP contribution in [0.3, 0.4) is 0 Å². The molecule has 4 rings (SSSR count). The zero-order chi connectivity index (χ0) is 22.0. The van der Waals surface area contributed by atoms with Crippen molar-refractivity contribution in [3.63, 3.8) is 0 Å². The average Bonchev–Trinajstić information content (AvgIpc) is 3.41. The van der Waals surface area contributed by atoms with Crippen LogP contribution in [0, 0.1) is 19.8 Å². The van der Waals surface area contributed by atoms with Gasteiger partial charge >= 0.3 is 0 Å². The summed E-state index contributed by atoms with van der Waals surface area (Å²) in [6, 6.07) is 7.88. The van der Waals surface area contributed by atoms with Gasteiger partial charge in [-0.2, -0.15) is 5.10 Å². The molecule has 1 atom stereocenters. The first-order chi connectivity index (χ1) is 15.0. The third kappa shape index (κ3) is 4.05. The van der Waals surface area contributed by atoms with Crippen LogP contribution in [0.25, 0.3) is 28.1 Å². The molecule has 0 radical (unpaired) electrons. The molecule has 0 saturated carbocycles. The lowest BCUT2D eigenvalue weighted by atomic mass is 10.0. The van der Waals surface area contributed by atoms with Gasteiger partial charge in [-0.15, -0.1) is 0 Å². The Labute approximate surface area is 182 Å². The molecular formula is C24H29N5O2. The van der Waals surface area contributed by atoms with Crippen molar-refractivity contribution in [3.05, 3.63) is 54.1 Å². The first-order valence-electron chi connectivity index (χ1n) is 10.7. The van der Waals surface area contributed by atoms with Gasteiger partial charge in [-0.3, -0.25) is 0 Å². The van der Waals surface area contributed by atoms with Crippen molar-refractivity contribution < 1.29 is 9.84 Å². The molecule has 0 aliphatic heterocycles. The maximum atomic E-state index is 9.35. The summed E-state index contributed by atoms with van der Waals surface area (Å²) in [5, 5.41) is 13.6. The van der Waals surface area contributed by atoms with Gasteiger partial charge in [-0.25, -0.2) is 14.6 Å². The third-order valence-corrected chi connectivity index (χ3v) is 5.83. The van der Waals surface area contributed by atoms with Crippen molar-refractivity contribution in [3.8, 4) is 22.7 Å². The molecule has 1 aromatic carbocycles. The fourth-order valence-electron chi connectivity index (χ4n) is 4.05. The van der Waals surface area contributed by atoms with E-state index >= 15 is 0 Å². The van der Waals surface area contributed by atoms with Crippen molar-refractivity contribution in [2.75, 3.05) is 13.7 Å². The highest BCUT2D eigenvalue weighted by Crippen LogP contribution is 2.34. The van der Waals surface area contributed by atoms with Crippen LogP contribution in [0.4, 0.5) is 0 Å². The first kappa shape index (κ1) is 21.1. The number of benzene rings is 1. The number of ether oxygens (including phenoxy) is 1. The predicted molar refractivity (Wildman–Crippen MR) is 122 cm³/mol. The molecule has 0 aliphatic carbocycles. The molecule has 3 aromatic heterocycles. The van der Waals surface area contributed by atoms with E-state index in [1.807, 2.05) is 37.4 Å². The van der Waals surface area contributed by atoms with E-state index in [1.165, 1.54) is 0 Å². The number of aliphatic hydroxyl groups excluding tert-OH is 1. The van der Waals surface area contributed by atoms with Crippen LogP contribution in [-0.4, -0.2) is 43.1 Å². The SMILES string of the molecule is CC[C@@H](CCO)Cn1cc(C)c2nc(-c3ccc(-n4cccn4)cc3OC)c(C)nc21. The third-order valence-electron chi connectivity index (χ3n) is 5.83. The number of aromatic nitrogens is 5. The lowest BCUT2D eigenvalue weighted by Crippen LogP contribution is -2.11. The number of methoxy groups -OCH3 is 1. The van der Waals surface area contributed by atoms with Crippen LogP contribution < -0.4 is 4.74 Å². The molecule has 0 bridgehead atoms. The van der Waals surface area contributed by atoms with Crippen LogP contribution in [-0.2, 0) is 6.54 Å². The smallest absolute Gasteiger partial charge is 0.159 e. The van der Waals surface area contributed by atoms with Crippen molar-refractivity contribution in [1.82, 2.24) is 24.3 Å². The Bertz CT molecular complexity index is 1180. The minimum absolute atomic E-state index is 0.208. The Hall–Kier alpha value is -3.19. The van der Waals surface area contributed by atoms with Gasteiger partial charge in [0.25, 0.3) is 0 Å². The van der Waals surface area contributed by atoms with Crippen LogP contribution >= 0.6 is 0 Å². The summed E-state index contributed by atoms with van der Waals surface area (Å²) in [4.78, 5) is 9.94. The quantitative estimate of drug-likeness (QED) is 0.460. The van der Waals surface area contributed by atoms with E-state index in [-0.39, 0.29) is 6.61 Å². The first-order valence-corrected chi connectivity index (χ1v) is 10.7.